The number of rotatable bonds is 28. The Morgan fingerprint density at radius 3 is 1.78 bits per heavy atom. The first-order chi connectivity index (χ1) is 65.1. The molecular formula is C91H132N24O21S. The number of carboxylic acid groups (broad SMARTS) is 1. The van der Waals surface area contributed by atoms with Gasteiger partial charge in [0.15, 0.2) is 5.96 Å². The van der Waals surface area contributed by atoms with Gasteiger partial charge >= 0.3 is 5.97 Å². The fourth-order valence-corrected chi connectivity index (χ4v) is 17.8. The molecule has 3 saturated heterocycles. The van der Waals surface area contributed by atoms with E-state index < -0.39 is 254 Å². The smallest absolute Gasteiger partial charge is 0.323 e. The minimum Gasteiger partial charge on any atom is -0.508 e. The molecular weight excluding hydrogens is 1800 g/mol. The first-order valence-corrected chi connectivity index (χ1v) is 47.1. The van der Waals surface area contributed by atoms with E-state index in [4.69, 9.17) is 34.1 Å². The van der Waals surface area contributed by atoms with Crippen molar-refractivity contribution in [3.05, 3.63) is 102 Å². The summed E-state index contributed by atoms with van der Waals surface area (Å²) in [6.45, 7) is 5.53. The van der Waals surface area contributed by atoms with Gasteiger partial charge in [-0.3, -0.25) is 91.7 Å². The van der Waals surface area contributed by atoms with Crippen LogP contribution in [0.15, 0.2) is 85.2 Å². The van der Waals surface area contributed by atoms with E-state index >= 15 is 33.6 Å². The van der Waals surface area contributed by atoms with Crippen molar-refractivity contribution in [1.29, 1.82) is 5.41 Å². The number of aromatic amines is 1. The molecule has 1 unspecified atom stereocenters. The normalized spacial score (nSPS) is 24.6. The van der Waals surface area contributed by atoms with Crippen LogP contribution in [0.1, 0.15) is 141 Å². The van der Waals surface area contributed by atoms with Gasteiger partial charge in [-0.2, -0.15) is 0 Å². The Kier molecular flexibility index (Phi) is 41.3. The average Bonchev–Trinajstić information content (AvgIpc) is 1.41. The maximum absolute atomic E-state index is 16.0. The third kappa shape index (κ3) is 30.8. The number of primary amides is 2. The molecule has 15 atom stereocenters. The summed E-state index contributed by atoms with van der Waals surface area (Å²) in [5.74, 6) is -19.4. The third-order valence-corrected chi connectivity index (χ3v) is 25.4. The van der Waals surface area contributed by atoms with Gasteiger partial charge in [-0.1, -0.05) is 102 Å². The van der Waals surface area contributed by atoms with E-state index in [2.05, 4.69) is 63.5 Å². The molecule has 5 aromatic rings. The monoisotopic (exact) mass is 1930 g/mol. The number of nitrogens with one attached hydrogen (secondary N) is 13. The van der Waals surface area contributed by atoms with Crippen molar-refractivity contribution in [2.45, 2.75) is 241 Å². The van der Waals surface area contributed by atoms with E-state index in [-0.39, 0.29) is 102 Å². The number of thioether (sulfide) groups is 1. The highest BCUT2D eigenvalue weighted by Gasteiger charge is 2.47. The van der Waals surface area contributed by atoms with Crippen molar-refractivity contribution in [1.82, 2.24) is 92.5 Å². The number of nitrogens with zero attached hydrogens (tertiary/aromatic N) is 6. The lowest BCUT2D eigenvalue weighted by molar-refractivity contribution is -0.149. The highest BCUT2D eigenvalue weighted by molar-refractivity contribution is 8.00. The van der Waals surface area contributed by atoms with Crippen molar-refractivity contribution in [3.8, 4) is 5.75 Å². The fraction of sp³-hybridized carbons (Fsp3) is 0.549. The second-order valence-corrected chi connectivity index (χ2v) is 36.2. The molecule has 5 heterocycles. The van der Waals surface area contributed by atoms with E-state index in [1.807, 2.05) is 13.8 Å². The fourth-order valence-electron chi connectivity index (χ4n) is 16.9. The van der Waals surface area contributed by atoms with E-state index in [1.165, 1.54) is 63.1 Å². The lowest BCUT2D eigenvalue weighted by Gasteiger charge is -2.36. The van der Waals surface area contributed by atoms with Crippen LogP contribution in [-0.2, 0) is 112 Å². The molecule has 0 spiro atoms. The number of carbonyl (C=O) groups excluding carboxylic acids is 17. The number of H-pyrrole nitrogens is 1. The quantitative estimate of drug-likeness (QED) is 0.0129. The minimum absolute atomic E-state index is 0.00180. The summed E-state index contributed by atoms with van der Waals surface area (Å²) >= 11 is 0.777. The Labute approximate surface area is 796 Å². The van der Waals surface area contributed by atoms with Gasteiger partial charge < -0.3 is 137 Å². The number of hydrogen-bond acceptors (Lipinski definition) is 24. The largest absolute Gasteiger partial charge is 0.508 e. The van der Waals surface area contributed by atoms with E-state index in [0.29, 0.717) is 64.2 Å². The second kappa shape index (κ2) is 52.0. The van der Waals surface area contributed by atoms with Crippen LogP contribution in [0.5, 0.6) is 5.75 Å². The summed E-state index contributed by atoms with van der Waals surface area (Å²) in [7, 11) is 3.89. The van der Waals surface area contributed by atoms with Gasteiger partial charge in [0.25, 0.3) is 0 Å². The zero-order valence-corrected chi connectivity index (χ0v) is 79.2. The lowest BCUT2D eigenvalue weighted by Crippen LogP contribution is -2.61. The Morgan fingerprint density at radius 1 is 0.562 bits per heavy atom. The molecule has 3 aliphatic heterocycles. The predicted octanol–water partition coefficient (Wildman–Crippen LogP) is -4.02. The summed E-state index contributed by atoms with van der Waals surface area (Å²) in [4.78, 5) is 271. The standard InChI is InChI=1S/C91H132N24O21S/c1-9-11-23-69-83(129)104-61(35-49(3)4)80(126)109-67(78(124)100-43-74(95)119)47-137-48-75(120)101-63(36-51-27-29-54(116)30-28-51)86(132)110(6)50(5)77(123)106-65(40-73(94)118)89(135)114-34-18-26-70(114)84(130)108-66(41-93)82(128)103-60(22-17-33-98-91(96)97)88(134)115-45-55(117)39-72(115)85(131)105-62(37-52-42-99-58-21-15-13-19-56(52)58)81(127)102-59(31-32-92)79(125)107-64(87(133)112(8)71(24-12-10-2)90(136)111(69)7)38-53-44-113(46-76(121)122)68-25-16-14-20-57(53)68/h13-16,19-21,25,27-30,42,44,49-50,55,59-67,69-72,99,116-117H,9-12,17-18,22-24,26,31-41,43,45-48,92-93H2,1-8H3,(H2,94,118)(H2,95,119)(H,100,124)(H,101,120)(H,102,127)(H,103,128)(H,104,129)(H,105,131)(H,106,123)(H,107,125)(H,108,130)(H,109,126)(H,121,122)(H4,96,97,98)/t50-,55+,59-,60-,61-,62-,63-,64-,65-,66-,67-,69-,70?,71-,72-/m0/s1. The Bertz CT molecular complexity index is 5170. The van der Waals surface area contributed by atoms with Gasteiger partial charge in [0.05, 0.1) is 24.8 Å². The molecule has 8 rings (SSSR count). The number of unbranched alkanes of at least 4 members (excludes halogenated alkanes) is 2. The average molecular weight is 1930 g/mol. The number of likely N-dealkylation sites (N-methyl/N-ethyl adjacent to an activating group) is 3. The van der Waals surface area contributed by atoms with Crippen molar-refractivity contribution < 1.29 is 102 Å². The number of fused-ring (bicyclic) bond motifs is 4. The van der Waals surface area contributed by atoms with Crippen LogP contribution in [0.2, 0.25) is 0 Å². The number of phenolic OH excluding ortho intramolecular Hbond substituents is 1. The van der Waals surface area contributed by atoms with Gasteiger partial charge in [-0.05, 0) is 112 Å². The number of carboxylic acids is 1. The van der Waals surface area contributed by atoms with Crippen LogP contribution in [0.25, 0.3) is 21.8 Å². The summed E-state index contributed by atoms with van der Waals surface area (Å²) in [6, 6.07) is -2.75. The van der Waals surface area contributed by atoms with E-state index in [0.717, 1.165) is 36.3 Å². The zero-order chi connectivity index (χ0) is 101. The summed E-state index contributed by atoms with van der Waals surface area (Å²) in [5.41, 5.74) is 31.5. The molecule has 0 bridgehead atoms. The van der Waals surface area contributed by atoms with Gasteiger partial charge in [-0.15, -0.1) is 11.8 Å². The molecule has 0 aliphatic carbocycles. The molecule has 2 aromatic heterocycles. The number of aliphatic hydroxyl groups excluding tert-OH is 1. The van der Waals surface area contributed by atoms with Gasteiger partial charge in [0, 0.05) is 113 Å². The molecule has 748 valence electrons. The summed E-state index contributed by atoms with van der Waals surface area (Å²) < 4.78 is 1.43. The number of aliphatic carboxylic acids is 1. The van der Waals surface area contributed by atoms with Crippen molar-refractivity contribution in [2.75, 3.05) is 71.9 Å². The molecule has 17 amide bonds. The minimum atomic E-state index is -1.80. The summed E-state index contributed by atoms with van der Waals surface area (Å²) in [5, 5.41) is 69.7. The van der Waals surface area contributed by atoms with Crippen molar-refractivity contribution in [3.63, 3.8) is 0 Å². The molecule has 3 aromatic carbocycles. The Morgan fingerprint density at radius 2 is 1.13 bits per heavy atom. The number of hydrogen-bond donors (Lipinski definition) is 21. The number of aromatic hydroxyl groups is 1. The molecule has 3 fully saturated rings. The van der Waals surface area contributed by atoms with Crippen LogP contribution in [0.4, 0.5) is 0 Å². The maximum Gasteiger partial charge on any atom is 0.323 e. The van der Waals surface area contributed by atoms with E-state index in [1.54, 1.807) is 68.6 Å². The number of phenols is 1. The number of aromatic nitrogens is 2. The first-order valence-electron chi connectivity index (χ1n) is 45.9. The van der Waals surface area contributed by atoms with Gasteiger partial charge in [-0.25, -0.2) is 0 Å². The highest BCUT2D eigenvalue weighted by Crippen LogP contribution is 2.29. The van der Waals surface area contributed by atoms with Crippen LogP contribution in [-0.4, -0.2) is 324 Å². The molecule has 26 N–H and O–H groups in total. The molecule has 45 nitrogen and oxygen atoms in total. The molecule has 137 heavy (non-hydrogen) atoms. The lowest BCUT2D eigenvalue weighted by atomic mass is 9.99. The number of para-hydroxylation sites is 2. The van der Waals surface area contributed by atoms with Crippen molar-refractivity contribution in [2.24, 2.45) is 34.6 Å². The predicted molar refractivity (Wildman–Crippen MR) is 504 cm³/mol. The van der Waals surface area contributed by atoms with E-state index in [9.17, 15) is 68.1 Å². The van der Waals surface area contributed by atoms with Crippen LogP contribution in [0, 0.1) is 11.3 Å². The maximum atomic E-state index is 16.0. The van der Waals surface area contributed by atoms with Crippen molar-refractivity contribution >= 4 is 146 Å². The zero-order valence-electron chi connectivity index (χ0n) is 78.4. The van der Waals surface area contributed by atoms with Gasteiger partial charge in [0.2, 0.25) is 100 Å². The number of amides is 17. The van der Waals surface area contributed by atoms with Crippen LogP contribution < -0.4 is 87.2 Å². The van der Waals surface area contributed by atoms with Crippen LogP contribution in [0.3, 0.4) is 0 Å². The molecule has 0 saturated carbocycles. The Hall–Kier alpha value is -13.5. The molecule has 0 radical (unpaired) electrons. The number of benzene rings is 3. The number of nitrogens with two attached hydrogens (primary N) is 5. The topological polar surface area (TPSA) is 691 Å². The number of carbonyl (C=O) groups is 18. The van der Waals surface area contributed by atoms with Crippen LogP contribution >= 0.6 is 11.8 Å². The van der Waals surface area contributed by atoms with Gasteiger partial charge in [0.1, 0.15) is 96.9 Å². The highest BCUT2D eigenvalue weighted by atomic mass is 32.2. The Balaban J connectivity index is 1.22. The molecule has 3 aliphatic rings. The first kappa shape index (κ1) is 109. The third-order valence-electron chi connectivity index (χ3n) is 24.4. The summed E-state index contributed by atoms with van der Waals surface area (Å²) in [6.07, 6.45) is 0.428. The SMILES string of the molecule is CCCC[C@H]1C(=O)N(C)[C@@H](CCCC)C(=O)N[C@@H](CC(C)C)C(=O)N[C@H](C(=O)NCC(N)=O)CSCC(=O)N[C@@H](Cc2ccc(O)cc2)C(=O)N(C)[C@@H](C)C(=O)N[C@@H](CC(N)=O)C(=O)N2CCCC2C(=O)N[C@@H](CN)C(=O)N[C@@H](CCCNC(=N)N)C(=O)N2C[C@H](O)C[C@H]2C(=O)N[C@@H](Cc2c[nH]c3ccccc23)C(=O)N[C@@H](CCN)C(=O)N[C@@H](Cc2cn(CC(=O)O)c3ccccc23)C(=O)N1C. The second-order valence-electron chi connectivity index (χ2n) is 35.2. The number of aliphatic hydroxyl groups is 1. The molecule has 46 heteroatoms. The number of guanidine groups is 1.